The van der Waals surface area contributed by atoms with Crippen LogP contribution in [0.4, 0.5) is 8.78 Å². The van der Waals surface area contributed by atoms with Crippen molar-refractivity contribution in [2.45, 2.75) is 17.9 Å². The Hall–Kier alpha value is -5.15. The van der Waals surface area contributed by atoms with E-state index >= 15 is 8.78 Å². The summed E-state index contributed by atoms with van der Waals surface area (Å²) in [5, 5.41) is 9.42. The topological polar surface area (TPSA) is 106 Å². The Morgan fingerprint density at radius 2 is 1.84 bits per heavy atom. The lowest BCUT2D eigenvalue weighted by Crippen LogP contribution is -2.24. The third-order valence-electron chi connectivity index (χ3n) is 6.68. The molecule has 12 heteroatoms. The summed E-state index contributed by atoms with van der Waals surface area (Å²) in [6.45, 7) is 1.41. The van der Waals surface area contributed by atoms with Crippen LogP contribution >= 0.6 is 11.8 Å². The van der Waals surface area contributed by atoms with Gasteiger partial charge in [-0.25, -0.2) is 9.37 Å². The maximum absolute atomic E-state index is 15.9. The van der Waals surface area contributed by atoms with E-state index < -0.39 is 23.3 Å². The minimum absolute atomic E-state index is 0.0184. The summed E-state index contributed by atoms with van der Waals surface area (Å²) >= 11 is 1.43. The van der Waals surface area contributed by atoms with Crippen LogP contribution in [0.1, 0.15) is 23.1 Å². The lowest BCUT2D eigenvalue weighted by Gasteiger charge is -2.19. The van der Waals surface area contributed by atoms with Gasteiger partial charge in [-0.15, -0.1) is 11.8 Å². The maximum atomic E-state index is 15.9. The Bertz CT molecular complexity index is 1760. The molecule has 0 bridgehead atoms. The van der Waals surface area contributed by atoms with Gasteiger partial charge in [-0.3, -0.25) is 9.79 Å². The summed E-state index contributed by atoms with van der Waals surface area (Å²) in [7, 11) is 3.19. The molecule has 45 heavy (non-hydrogen) atoms. The number of nitrogens with zero attached hydrogens (tertiary/aromatic N) is 4. The van der Waals surface area contributed by atoms with Crippen LogP contribution in [0.2, 0.25) is 0 Å². The molecule has 5 rings (SSSR count). The number of likely N-dealkylation sites (N-methyl/N-ethyl adjacent to an activating group) is 1. The number of thioether (sulfide) groups is 1. The van der Waals surface area contributed by atoms with Crippen LogP contribution in [-0.2, 0) is 16.1 Å². The molecule has 4 aromatic rings. The Balaban J connectivity index is 1.43. The third kappa shape index (κ3) is 7.69. The Labute approximate surface area is 263 Å². The van der Waals surface area contributed by atoms with Gasteiger partial charge in [0.15, 0.2) is 17.3 Å². The predicted octanol–water partition coefficient (Wildman–Crippen LogP) is 6.74. The molecule has 3 aromatic carbocycles. The number of carbonyl (C=O) groups is 1. The van der Waals surface area contributed by atoms with Crippen molar-refractivity contribution < 1.29 is 32.5 Å². The Morgan fingerprint density at radius 3 is 2.58 bits per heavy atom. The van der Waals surface area contributed by atoms with Gasteiger partial charge < -0.3 is 23.8 Å². The van der Waals surface area contributed by atoms with Crippen molar-refractivity contribution in [3.63, 3.8) is 0 Å². The number of halogens is 2. The zero-order valence-corrected chi connectivity index (χ0v) is 25.3. The Kier molecular flexibility index (Phi) is 10.1. The maximum Gasteiger partial charge on any atom is 0.306 e. The smallest absolute Gasteiger partial charge is 0.306 e. The Morgan fingerprint density at radius 1 is 1.04 bits per heavy atom. The number of carbonyl (C=O) groups excluding carboxylic acids is 1. The van der Waals surface area contributed by atoms with Gasteiger partial charge in [-0.1, -0.05) is 30.3 Å². The number of aliphatic imine (C=N–C) groups is 1. The van der Waals surface area contributed by atoms with Crippen LogP contribution in [0.25, 0.3) is 0 Å². The van der Waals surface area contributed by atoms with E-state index in [2.05, 4.69) is 9.98 Å². The lowest BCUT2D eigenvalue weighted by atomic mass is 10.1. The van der Waals surface area contributed by atoms with Gasteiger partial charge >= 0.3 is 5.97 Å². The van der Waals surface area contributed by atoms with Crippen LogP contribution < -0.4 is 14.2 Å². The van der Waals surface area contributed by atoms with Gasteiger partial charge in [0.1, 0.15) is 18.2 Å². The van der Waals surface area contributed by atoms with Crippen molar-refractivity contribution in [1.29, 1.82) is 5.26 Å². The minimum atomic E-state index is -1.18. The monoisotopic (exact) mass is 630 g/mol. The van der Waals surface area contributed by atoms with Crippen molar-refractivity contribution in [3.05, 3.63) is 101 Å². The molecule has 0 radical (unpaired) electrons. The highest BCUT2D eigenvalue weighted by atomic mass is 32.2. The fourth-order valence-corrected chi connectivity index (χ4v) is 5.23. The van der Waals surface area contributed by atoms with Crippen molar-refractivity contribution in [2.24, 2.45) is 4.99 Å². The molecule has 0 saturated heterocycles. The highest BCUT2D eigenvalue weighted by Crippen LogP contribution is 2.39. The first-order chi connectivity index (χ1) is 21.9. The molecule has 0 aliphatic carbocycles. The molecule has 0 amide bonds. The summed E-state index contributed by atoms with van der Waals surface area (Å²) < 4.78 is 53.1. The molecule has 2 heterocycles. The van der Waals surface area contributed by atoms with Crippen LogP contribution in [0.3, 0.4) is 0 Å². The molecular weight excluding hydrogens is 602 g/mol. The number of nitriles is 1. The summed E-state index contributed by atoms with van der Waals surface area (Å²) in [6.07, 6.45) is 1.02. The SMILES string of the molecule is COC(=O)CCSc1ccc(Oc2c(F)cnc(Oc3cc(C#N)ccc3OCc3ccccc3)c2F)c(C2=NCCN2C)c1. The molecule has 0 unspecified atom stereocenters. The largest absolute Gasteiger partial charge is 0.485 e. The van der Waals surface area contributed by atoms with Crippen LogP contribution in [-0.4, -0.2) is 54.7 Å². The fourth-order valence-electron chi connectivity index (χ4n) is 4.36. The van der Waals surface area contributed by atoms with E-state index in [9.17, 15) is 10.1 Å². The van der Waals surface area contributed by atoms with E-state index in [1.165, 1.54) is 37.1 Å². The van der Waals surface area contributed by atoms with Gasteiger partial charge in [-0.2, -0.15) is 9.65 Å². The normalized spacial score (nSPS) is 12.3. The molecule has 1 aliphatic rings. The van der Waals surface area contributed by atoms with E-state index in [1.807, 2.05) is 48.3 Å². The lowest BCUT2D eigenvalue weighted by molar-refractivity contribution is -0.140. The second-order valence-corrected chi connectivity index (χ2v) is 10.9. The molecular formula is C33H28F2N4O5S. The van der Waals surface area contributed by atoms with E-state index in [0.29, 0.717) is 30.2 Å². The van der Waals surface area contributed by atoms with Gasteiger partial charge in [0.25, 0.3) is 5.88 Å². The molecule has 0 fully saturated rings. The first-order valence-corrected chi connectivity index (χ1v) is 14.8. The summed E-state index contributed by atoms with van der Waals surface area (Å²) in [6, 6.07) is 21.0. The number of hydrogen-bond acceptors (Lipinski definition) is 10. The molecule has 0 spiro atoms. The number of hydrogen-bond donors (Lipinski definition) is 0. The predicted molar refractivity (Wildman–Crippen MR) is 164 cm³/mol. The minimum Gasteiger partial charge on any atom is -0.485 e. The van der Waals surface area contributed by atoms with E-state index in [-0.39, 0.29) is 41.8 Å². The van der Waals surface area contributed by atoms with Crippen LogP contribution in [0, 0.1) is 23.0 Å². The van der Waals surface area contributed by atoms with Crippen LogP contribution in [0.15, 0.2) is 82.8 Å². The number of methoxy groups -OCH3 is 1. The number of amidine groups is 1. The summed E-state index contributed by atoms with van der Waals surface area (Å²) in [5.74, 6) is -2.36. The molecule has 0 N–H and O–H groups in total. The van der Waals surface area contributed by atoms with Crippen molar-refractivity contribution in [3.8, 4) is 34.9 Å². The molecule has 1 aliphatic heterocycles. The van der Waals surface area contributed by atoms with Crippen molar-refractivity contribution in [2.75, 3.05) is 33.0 Å². The number of esters is 1. The van der Waals surface area contributed by atoms with E-state index in [4.69, 9.17) is 18.9 Å². The van der Waals surface area contributed by atoms with Gasteiger partial charge in [0.2, 0.25) is 11.6 Å². The average Bonchev–Trinajstić information content (AvgIpc) is 3.49. The van der Waals surface area contributed by atoms with Gasteiger partial charge in [-0.05, 0) is 35.9 Å². The highest BCUT2D eigenvalue weighted by molar-refractivity contribution is 7.99. The van der Waals surface area contributed by atoms with E-state index in [1.54, 1.807) is 18.2 Å². The quantitative estimate of drug-likeness (QED) is 0.124. The number of rotatable bonds is 12. The van der Waals surface area contributed by atoms with Crippen molar-refractivity contribution in [1.82, 2.24) is 9.88 Å². The third-order valence-corrected chi connectivity index (χ3v) is 7.68. The molecule has 1 aromatic heterocycles. The second kappa shape index (κ2) is 14.5. The zero-order valence-electron chi connectivity index (χ0n) is 24.5. The van der Waals surface area contributed by atoms with Gasteiger partial charge in [0.05, 0.1) is 43.5 Å². The first kappa shape index (κ1) is 31.3. The first-order valence-electron chi connectivity index (χ1n) is 13.9. The summed E-state index contributed by atoms with van der Waals surface area (Å²) in [5.41, 5.74) is 1.65. The number of benzene rings is 3. The highest BCUT2D eigenvalue weighted by Gasteiger charge is 2.25. The molecule has 9 nitrogen and oxygen atoms in total. The summed E-state index contributed by atoms with van der Waals surface area (Å²) in [4.78, 5) is 22.6. The second-order valence-electron chi connectivity index (χ2n) is 9.77. The van der Waals surface area contributed by atoms with Crippen LogP contribution in [0.5, 0.6) is 28.9 Å². The van der Waals surface area contributed by atoms with E-state index in [0.717, 1.165) is 16.7 Å². The number of ether oxygens (including phenoxy) is 4. The average molecular weight is 631 g/mol. The molecule has 0 atom stereocenters. The molecule has 0 saturated carbocycles. The standard InChI is InChI=1S/C33H28F2N4O5S/c1-39-14-13-37-32(39)24-17-23(45-15-12-29(40)41-2)9-11-26(24)43-31-25(34)19-38-33(30(31)35)44-28-16-22(18-36)8-10-27(28)42-20-21-6-4-3-5-7-21/h3-11,16-17,19H,12-15,20H2,1-2H3. The number of aromatic nitrogens is 1. The van der Waals surface area contributed by atoms with Gasteiger partial charge in [0, 0.05) is 30.3 Å². The van der Waals surface area contributed by atoms with Crippen molar-refractivity contribution >= 4 is 23.6 Å². The fraction of sp³-hybridized carbons (Fsp3) is 0.212. The zero-order chi connectivity index (χ0) is 31.8. The number of pyridine rings is 1. The molecule has 230 valence electrons.